The van der Waals surface area contributed by atoms with Gasteiger partial charge < -0.3 is 5.32 Å². The predicted octanol–water partition coefficient (Wildman–Crippen LogP) is 3.41. The minimum absolute atomic E-state index is 0.0155. The number of thiophene rings is 1. The normalized spacial score (nSPS) is 12.4. The number of amides is 1. The van der Waals surface area contributed by atoms with Crippen LogP contribution in [-0.2, 0) is 24.3 Å². The van der Waals surface area contributed by atoms with Crippen molar-refractivity contribution in [1.82, 2.24) is 14.5 Å². The number of rotatable bonds is 9. The van der Waals surface area contributed by atoms with Crippen molar-refractivity contribution in [2.75, 3.05) is 0 Å². The van der Waals surface area contributed by atoms with Crippen molar-refractivity contribution in [1.29, 1.82) is 0 Å². The van der Waals surface area contributed by atoms with Crippen molar-refractivity contribution in [2.45, 2.75) is 59.2 Å². The highest BCUT2D eigenvalue weighted by atomic mass is 32.1. The molecule has 3 rings (SSSR count). The Hall–Kier alpha value is -2.67. The van der Waals surface area contributed by atoms with Crippen LogP contribution in [0.15, 0.2) is 51.4 Å². The van der Waals surface area contributed by atoms with Crippen molar-refractivity contribution in [3.8, 4) is 0 Å². The highest BCUT2D eigenvalue weighted by Gasteiger charge is 2.17. The van der Waals surface area contributed by atoms with E-state index < -0.39 is 5.69 Å². The van der Waals surface area contributed by atoms with Gasteiger partial charge in [0.1, 0.15) is 11.2 Å². The Morgan fingerprint density at radius 1 is 1.03 bits per heavy atom. The summed E-state index contributed by atoms with van der Waals surface area (Å²) >= 11 is 1.31. The van der Waals surface area contributed by atoms with E-state index >= 15 is 0 Å². The summed E-state index contributed by atoms with van der Waals surface area (Å²) in [6.07, 6.45) is 2.41. The molecule has 0 spiro atoms. The number of carbonyl (C=O) groups excluding carboxylic acids is 1. The zero-order valence-electron chi connectivity index (χ0n) is 17.8. The van der Waals surface area contributed by atoms with Crippen LogP contribution in [0, 0.1) is 5.92 Å². The van der Waals surface area contributed by atoms with E-state index in [0.29, 0.717) is 22.7 Å². The lowest BCUT2D eigenvalue weighted by Crippen LogP contribution is -2.43. The summed E-state index contributed by atoms with van der Waals surface area (Å²) in [4.78, 5) is 38.4. The SMILES string of the molecule is CC(C)CCn1c(=O)c2sccc2n(CC(=O)NC(C)CCc2ccccc2)c1=O. The highest BCUT2D eigenvalue weighted by Crippen LogP contribution is 2.15. The smallest absolute Gasteiger partial charge is 0.332 e. The van der Waals surface area contributed by atoms with Gasteiger partial charge in [-0.15, -0.1) is 11.3 Å². The molecule has 0 aliphatic rings. The Balaban J connectivity index is 1.74. The van der Waals surface area contributed by atoms with Crippen LogP contribution in [0.4, 0.5) is 0 Å². The number of fused-ring (bicyclic) bond motifs is 1. The van der Waals surface area contributed by atoms with Crippen LogP contribution >= 0.6 is 11.3 Å². The quantitative estimate of drug-likeness (QED) is 0.569. The van der Waals surface area contributed by atoms with Crippen molar-refractivity contribution in [3.63, 3.8) is 0 Å². The number of hydrogen-bond acceptors (Lipinski definition) is 4. The third-order valence-electron chi connectivity index (χ3n) is 5.18. The lowest BCUT2D eigenvalue weighted by Gasteiger charge is -2.16. The summed E-state index contributed by atoms with van der Waals surface area (Å²) in [5.74, 6) is 0.150. The Kier molecular flexibility index (Phi) is 7.26. The largest absolute Gasteiger partial charge is 0.352 e. The van der Waals surface area contributed by atoms with Gasteiger partial charge in [0.25, 0.3) is 5.56 Å². The molecule has 0 saturated carbocycles. The molecule has 1 N–H and O–H groups in total. The molecular formula is C23H29N3O3S. The van der Waals surface area contributed by atoms with Crippen LogP contribution in [0.3, 0.4) is 0 Å². The van der Waals surface area contributed by atoms with Gasteiger partial charge in [-0.05, 0) is 49.1 Å². The number of aromatic nitrogens is 2. The van der Waals surface area contributed by atoms with Crippen molar-refractivity contribution < 1.29 is 4.79 Å². The molecule has 1 atom stereocenters. The number of hydrogen-bond donors (Lipinski definition) is 1. The Labute approximate surface area is 180 Å². The third-order valence-corrected chi connectivity index (χ3v) is 6.08. The first kappa shape index (κ1) is 22.0. The second-order valence-electron chi connectivity index (χ2n) is 8.14. The van der Waals surface area contributed by atoms with Crippen LogP contribution in [0.2, 0.25) is 0 Å². The molecule has 7 heteroatoms. The van der Waals surface area contributed by atoms with E-state index in [9.17, 15) is 14.4 Å². The topological polar surface area (TPSA) is 73.1 Å². The molecule has 0 saturated heterocycles. The van der Waals surface area contributed by atoms with Gasteiger partial charge >= 0.3 is 5.69 Å². The first-order chi connectivity index (χ1) is 14.4. The molecule has 0 aliphatic carbocycles. The highest BCUT2D eigenvalue weighted by molar-refractivity contribution is 7.17. The number of carbonyl (C=O) groups is 1. The summed E-state index contributed by atoms with van der Waals surface area (Å²) in [5, 5.41) is 4.77. The number of nitrogens with zero attached hydrogens (tertiary/aromatic N) is 2. The zero-order chi connectivity index (χ0) is 21.7. The zero-order valence-corrected chi connectivity index (χ0v) is 18.6. The van der Waals surface area contributed by atoms with Gasteiger partial charge in [0.2, 0.25) is 5.91 Å². The predicted molar refractivity (Wildman–Crippen MR) is 122 cm³/mol. The molecule has 30 heavy (non-hydrogen) atoms. The first-order valence-electron chi connectivity index (χ1n) is 10.4. The van der Waals surface area contributed by atoms with Gasteiger partial charge in [0, 0.05) is 12.6 Å². The van der Waals surface area contributed by atoms with E-state index in [2.05, 4.69) is 31.3 Å². The third kappa shape index (κ3) is 5.27. The molecule has 0 aliphatic heterocycles. The standard InChI is InChI=1S/C23H29N3O3S/c1-16(2)11-13-25-22(28)21-19(12-14-30-21)26(23(25)29)15-20(27)24-17(3)9-10-18-7-5-4-6-8-18/h4-8,12,14,16-17H,9-11,13,15H2,1-3H3,(H,24,27). The molecule has 6 nitrogen and oxygen atoms in total. The maximum absolute atomic E-state index is 13.0. The molecule has 2 aromatic heterocycles. The lowest BCUT2D eigenvalue weighted by molar-refractivity contribution is -0.122. The van der Waals surface area contributed by atoms with Crippen LogP contribution in [-0.4, -0.2) is 21.1 Å². The summed E-state index contributed by atoms with van der Waals surface area (Å²) in [7, 11) is 0. The monoisotopic (exact) mass is 427 g/mol. The van der Waals surface area contributed by atoms with Gasteiger partial charge in [-0.1, -0.05) is 44.2 Å². The Morgan fingerprint density at radius 3 is 2.47 bits per heavy atom. The lowest BCUT2D eigenvalue weighted by atomic mass is 10.1. The number of aryl methyl sites for hydroxylation is 1. The molecule has 1 aromatic carbocycles. The fraction of sp³-hybridized carbons (Fsp3) is 0.435. The second kappa shape index (κ2) is 9.89. The van der Waals surface area contributed by atoms with Gasteiger partial charge in [0.05, 0.1) is 5.52 Å². The molecule has 1 unspecified atom stereocenters. The number of benzene rings is 1. The molecular weight excluding hydrogens is 398 g/mol. The minimum Gasteiger partial charge on any atom is -0.352 e. The van der Waals surface area contributed by atoms with Crippen LogP contribution < -0.4 is 16.6 Å². The molecule has 1 amide bonds. The van der Waals surface area contributed by atoms with Crippen LogP contribution in [0.25, 0.3) is 10.2 Å². The molecule has 160 valence electrons. The Morgan fingerprint density at radius 2 is 1.77 bits per heavy atom. The van der Waals surface area contributed by atoms with Gasteiger partial charge in [-0.3, -0.25) is 18.7 Å². The summed E-state index contributed by atoms with van der Waals surface area (Å²) in [6, 6.07) is 11.9. The van der Waals surface area contributed by atoms with Crippen LogP contribution in [0.1, 0.15) is 39.2 Å². The van der Waals surface area contributed by atoms with Gasteiger partial charge in [0.15, 0.2) is 0 Å². The Bertz CT molecular complexity index is 1110. The molecule has 2 heterocycles. The van der Waals surface area contributed by atoms with Crippen LogP contribution in [0.5, 0.6) is 0 Å². The van der Waals surface area contributed by atoms with E-state index in [0.717, 1.165) is 19.3 Å². The van der Waals surface area contributed by atoms with E-state index in [1.165, 1.54) is 26.0 Å². The van der Waals surface area contributed by atoms with E-state index in [-0.39, 0.29) is 24.1 Å². The second-order valence-corrected chi connectivity index (χ2v) is 9.05. The van der Waals surface area contributed by atoms with Gasteiger partial charge in [-0.25, -0.2) is 4.79 Å². The fourth-order valence-electron chi connectivity index (χ4n) is 3.43. The summed E-state index contributed by atoms with van der Waals surface area (Å²) in [6.45, 7) is 6.34. The first-order valence-corrected chi connectivity index (χ1v) is 11.3. The summed E-state index contributed by atoms with van der Waals surface area (Å²) in [5.41, 5.74) is 1.08. The summed E-state index contributed by atoms with van der Waals surface area (Å²) < 4.78 is 3.21. The van der Waals surface area contributed by atoms with Crippen molar-refractivity contribution in [3.05, 3.63) is 68.2 Å². The van der Waals surface area contributed by atoms with Crippen molar-refractivity contribution in [2.24, 2.45) is 5.92 Å². The minimum atomic E-state index is -0.418. The van der Waals surface area contributed by atoms with Crippen molar-refractivity contribution >= 4 is 27.5 Å². The maximum atomic E-state index is 13.0. The molecule has 0 bridgehead atoms. The average molecular weight is 428 g/mol. The maximum Gasteiger partial charge on any atom is 0.332 e. The number of nitrogens with one attached hydrogen (secondary N) is 1. The van der Waals surface area contributed by atoms with E-state index in [4.69, 9.17) is 0 Å². The molecule has 3 aromatic rings. The molecule has 0 radical (unpaired) electrons. The van der Waals surface area contributed by atoms with E-state index in [1.807, 2.05) is 25.1 Å². The van der Waals surface area contributed by atoms with Gasteiger partial charge in [-0.2, -0.15) is 0 Å². The molecule has 0 fully saturated rings. The average Bonchev–Trinajstić information content (AvgIpc) is 3.20. The van der Waals surface area contributed by atoms with E-state index in [1.54, 1.807) is 11.4 Å². The fourth-order valence-corrected chi connectivity index (χ4v) is 4.28.